The normalized spacial score (nSPS) is 26.2. The van der Waals surface area contributed by atoms with Crippen LogP contribution in [0.4, 0.5) is 0 Å². The highest BCUT2D eigenvalue weighted by Gasteiger charge is 2.28. The van der Waals surface area contributed by atoms with E-state index in [0.29, 0.717) is 11.8 Å². The van der Waals surface area contributed by atoms with Crippen LogP contribution in [0, 0.1) is 5.92 Å². The van der Waals surface area contributed by atoms with Crippen molar-refractivity contribution in [2.75, 3.05) is 7.05 Å². The minimum atomic E-state index is 0.275. The zero-order valence-corrected chi connectivity index (χ0v) is 11.8. The number of phenols is 1. The van der Waals surface area contributed by atoms with Gasteiger partial charge in [0, 0.05) is 17.6 Å². The Morgan fingerprint density at radius 1 is 1.22 bits per heavy atom. The fraction of sp³-hybridized carbons (Fsp3) is 0.625. The molecule has 1 N–H and O–H groups in total. The maximum absolute atomic E-state index is 9.97. The van der Waals surface area contributed by atoms with Gasteiger partial charge in [0.2, 0.25) is 0 Å². The molecule has 0 aliphatic heterocycles. The van der Waals surface area contributed by atoms with Crippen LogP contribution in [0.25, 0.3) is 0 Å². The molecule has 0 bridgehead atoms. The first-order valence-corrected chi connectivity index (χ1v) is 7.11. The molecule has 0 heterocycles. The molecule has 2 heteroatoms. The van der Waals surface area contributed by atoms with Gasteiger partial charge in [-0.1, -0.05) is 38.0 Å². The van der Waals surface area contributed by atoms with Gasteiger partial charge in [-0.05, 0) is 38.8 Å². The molecule has 0 radical (unpaired) electrons. The van der Waals surface area contributed by atoms with E-state index >= 15 is 0 Å². The SMILES string of the molecule is CC1CCCCC1N(C)C(C)c1ccccc1O. The summed E-state index contributed by atoms with van der Waals surface area (Å²) >= 11 is 0. The van der Waals surface area contributed by atoms with Crippen molar-refractivity contribution in [1.82, 2.24) is 4.90 Å². The van der Waals surface area contributed by atoms with Crippen molar-refractivity contribution in [3.8, 4) is 5.75 Å². The number of aromatic hydroxyl groups is 1. The molecular formula is C16H25NO. The highest BCUT2D eigenvalue weighted by molar-refractivity contribution is 5.34. The second-order valence-corrected chi connectivity index (χ2v) is 5.73. The fourth-order valence-corrected chi connectivity index (χ4v) is 3.25. The Hall–Kier alpha value is -1.02. The van der Waals surface area contributed by atoms with Gasteiger partial charge in [0.15, 0.2) is 0 Å². The Bertz CT molecular complexity index is 390. The molecule has 1 aromatic carbocycles. The summed E-state index contributed by atoms with van der Waals surface area (Å²) in [6.45, 7) is 4.55. The summed E-state index contributed by atoms with van der Waals surface area (Å²) in [6, 6.07) is 8.62. The fourth-order valence-electron chi connectivity index (χ4n) is 3.25. The van der Waals surface area contributed by atoms with Gasteiger partial charge in [-0.3, -0.25) is 4.90 Å². The van der Waals surface area contributed by atoms with Crippen LogP contribution in [0.1, 0.15) is 51.1 Å². The Kier molecular flexibility index (Phi) is 4.28. The first kappa shape index (κ1) is 13.4. The third-order valence-electron chi connectivity index (χ3n) is 4.59. The maximum atomic E-state index is 9.97. The van der Waals surface area contributed by atoms with Gasteiger partial charge in [-0.2, -0.15) is 0 Å². The number of benzene rings is 1. The van der Waals surface area contributed by atoms with Gasteiger partial charge in [-0.25, -0.2) is 0 Å². The molecule has 3 atom stereocenters. The van der Waals surface area contributed by atoms with Gasteiger partial charge >= 0.3 is 0 Å². The van der Waals surface area contributed by atoms with Crippen LogP contribution >= 0.6 is 0 Å². The summed E-state index contributed by atoms with van der Waals surface area (Å²) in [5.74, 6) is 1.18. The minimum Gasteiger partial charge on any atom is -0.508 e. The molecule has 1 aliphatic rings. The Morgan fingerprint density at radius 2 is 1.89 bits per heavy atom. The monoisotopic (exact) mass is 247 g/mol. The van der Waals surface area contributed by atoms with Crippen molar-refractivity contribution in [3.05, 3.63) is 29.8 Å². The summed E-state index contributed by atoms with van der Waals surface area (Å²) in [5, 5.41) is 9.97. The molecule has 1 saturated carbocycles. The molecule has 3 unspecified atom stereocenters. The number of hydrogen-bond acceptors (Lipinski definition) is 2. The molecule has 2 nitrogen and oxygen atoms in total. The minimum absolute atomic E-state index is 0.275. The van der Waals surface area contributed by atoms with E-state index in [0.717, 1.165) is 11.5 Å². The Balaban J connectivity index is 2.13. The van der Waals surface area contributed by atoms with Crippen molar-refractivity contribution in [1.29, 1.82) is 0 Å². The van der Waals surface area contributed by atoms with Crippen LogP contribution in [0.5, 0.6) is 5.75 Å². The lowest BCUT2D eigenvalue weighted by Crippen LogP contribution is -2.40. The lowest BCUT2D eigenvalue weighted by atomic mass is 9.84. The van der Waals surface area contributed by atoms with Gasteiger partial charge in [0.05, 0.1) is 0 Å². The van der Waals surface area contributed by atoms with Crippen LogP contribution in [-0.2, 0) is 0 Å². The summed E-state index contributed by atoms with van der Waals surface area (Å²) in [5.41, 5.74) is 1.04. The standard InChI is InChI=1S/C16H25NO/c1-12-8-4-6-10-15(12)17(3)13(2)14-9-5-7-11-16(14)18/h5,7,9,11-13,15,18H,4,6,8,10H2,1-3H3. The average molecular weight is 247 g/mol. The van der Waals surface area contributed by atoms with E-state index in [1.807, 2.05) is 18.2 Å². The van der Waals surface area contributed by atoms with E-state index in [4.69, 9.17) is 0 Å². The first-order valence-electron chi connectivity index (χ1n) is 7.11. The number of phenolic OH excluding ortho intramolecular Hbond substituents is 1. The van der Waals surface area contributed by atoms with Gasteiger partial charge in [0.25, 0.3) is 0 Å². The van der Waals surface area contributed by atoms with Gasteiger partial charge in [-0.15, -0.1) is 0 Å². The third-order valence-corrected chi connectivity index (χ3v) is 4.59. The zero-order valence-electron chi connectivity index (χ0n) is 11.8. The third kappa shape index (κ3) is 2.69. The summed E-state index contributed by atoms with van der Waals surface area (Å²) in [4.78, 5) is 2.44. The van der Waals surface area contributed by atoms with Crippen LogP contribution in [0.2, 0.25) is 0 Å². The topological polar surface area (TPSA) is 23.5 Å². The lowest BCUT2D eigenvalue weighted by Gasteiger charge is -2.40. The van der Waals surface area contributed by atoms with E-state index in [-0.39, 0.29) is 6.04 Å². The van der Waals surface area contributed by atoms with Crippen molar-refractivity contribution in [2.24, 2.45) is 5.92 Å². The van der Waals surface area contributed by atoms with E-state index in [1.54, 1.807) is 6.07 Å². The predicted molar refractivity (Wildman–Crippen MR) is 75.7 cm³/mol. The largest absolute Gasteiger partial charge is 0.508 e. The molecule has 2 rings (SSSR count). The quantitative estimate of drug-likeness (QED) is 0.873. The Morgan fingerprint density at radius 3 is 2.56 bits per heavy atom. The number of rotatable bonds is 3. The molecule has 1 aromatic rings. The van der Waals surface area contributed by atoms with Crippen LogP contribution in [-0.4, -0.2) is 23.1 Å². The van der Waals surface area contributed by atoms with Crippen LogP contribution in [0.15, 0.2) is 24.3 Å². The summed E-state index contributed by atoms with van der Waals surface area (Å²) in [6.07, 6.45) is 5.33. The van der Waals surface area contributed by atoms with E-state index in [1.165, 1.54) is 25.7 Å². The smallest absolute Gasteiger partial charge is 0.120 e. The van der Waals surface area contributed by atoms with E-state index in [9.17, 15) is 5.11 Å². The van der Waals surface area contributed by atoms with Crippen LogP contribution < -0.4 is 0 Å². The highest BCUT2D eigenvalue weighted by atomic mass is 16.3. The number of hydrogen-bond donors (Lipinski definition) is 1. The molecular weight excluding hydrogens is 222 g/mol. The summed E-state index contributed by atoms with van der Waals surface area (Å²) in [7, 11) is 2.20. The van der Waals surface area contributed by atoms with Crippen molar-refractivity contribution < 1.29 is 5.11 Å². The Labute approximate surface area is 111 Å². The molecule has 18 heavy (non-hydrogen) atoms. The molecule has 1 fully saturated rings. The van der Waals surface area contributed by atoms with E-state index < -0.39 is 0 Å². The van der Waals surface area contributed by atoms with Crippen molar-refractivity contribution in [2.45, 2.75) is 51.6 Å². The molecule has 0 saturated heterocycles. The molecule has 0 amide bonds. The first-order chi connectivity index (χ1) is 8.61. The van der Waals surface area contributed by atoms with Crippen molar-refractivity contribution in [3.63, 3.8) is 0 Å². The van der Waals surface area contributed by atoms with E-state index in [2.05, 4.69) is 25.8 Å². The average Bonchev–Trinajstić information content (AvgIpc) is 2.38. The zero-order chi connectivity index (χ0) is 13.1. The summed E-state index contributed by atoms with van der Waals surface area (Å²) < 4.78 is 0. The molecule has 100 valence electrons. The maximum Gasteiger partial charge on any atom is 0.120 e. The predicted octanol–water partition coefficient (Wildman–Crippen LogP) is 3.96. The number of para-hydroxylation sites is 1. The lowest BCUT2D eigenvalue weighted by molar-refractivity contribution is 0.102. The second kappa shape index (κ2) is 5.75. The highest BCUT2D eigenvalue weighted by Crippen LogP contribution is 2.34. The number of nitrogens with zero attached hydrogens (tertiary/aromatic N) is 1. The second-order valence-electron chi connectivity index (χ2n) is 5.73. The molecule has 0 spiro atoms. The molecule has 1 aliphatic carbocycles. The van der Waals surface area contributed by atoms with Crippen molar-refractivity contribution >= 4 is 0 Å². The van der Waals surface area contributed by atoms with Gasteiger partial charge in [0.1, 0.15) is 5.75 Å². The van der Waals surface area contributed by atoms with Gasteiger partial charge < -0.3 is 5.11 Å². The van der Waals surface area contributed by atoms with Crippen LogP contribution in [0.3, 0.4) is 0 Å². The molecule has 0 aromatic heterocycles.